The highest BCUT2D eigenvalue weighted by Gasteiger charge is 2.40. The van der Waals surface area contributed by atoms with E-state index in [1.54, 1.807) is 4.90 Å². The number of hydrogen-bond acceptors (Lipinski definition) is 7. The number of carbonyl (C=O) groups is 3. The van der Waals surface area contributed by atoms with Gasteiger partial charge in [-0.05, 0) is 69.7 Å². The van der Waals surface area contributed by atoms with Crippen molar-refractivity contribution in [3.8, 4) is 5.75 Å². The number of ether oxygens (including phenoxy) is 1. The Morgan fingerprint density at radius 2 is 1.70 bits per heavy atom. The summed E-state index contributed by atoms with van der Waals surface area (Å²) < 4.78 is 5.98. The third-order valence-corrected chi connectivity index (χ3v) is 8.47. The van der Waals surface area contributed by atoms with Crippen LogP contribution in [-0.2, 0) is 16.0 Å². The minimum absolute atomic E-state index is 0.281. The van der Waals surface area contributed by atoms with E-state index < -0.39 is 29.5 Å². The number of aliphatic hydroxyl groups is 1. The number of amides is 3. The Morgan fingerprint density at radius 1 is 1.02 bits per heavy atom. The smallest absolute Gasteiger partial charge is 0.336 e. The van der Waals surface area contributed by atoms with Gasteiger partial charge >= 0.3 is 6.03 Å². The van der Waals surface area contributed by atoms with E-state index in [1.165, 1.54) is 19.4 Å². The molecule has 3 aromatic carbocycles. The number of nitrogens with two attached hydrogens (primary N) is 1. The number of hydrazine groups is 1. The number of benzene rings is 3. The molecule has 3 aromatic rings. The lowest BCUT2D eigenvalue weighted by atomic mass is 9.79. The third kappa shape index (κ3) is 8.93. The van der Waals surface area contributed by atoms with Crippen molar-refractivity contribution < 1.29 is 24.2 Å². The van der Waals surface area contributed by atoms with Crippen LogP contribution in [0.5, 0.6) is 5.75 Å². The Bertz CT molecular complexity index is 1480. The Labute approximate surface area is 271 Å². The molecule has 1 aliphatic rings. The van der Waals surface area contributed by atoms with E-state index in [1.807, 2.05) is 74.5 Å². The van der Waals surface area contributed by atoms with E-state index >= 15 is 0 Å². The first-order chi connectivity index (χ1) is 22.0. The molecule has 1 fully saturated rings. The summed E-state index contributed by atoms with van der Waals surface area (Å²) in [6.45, 7) is 7.38. The molecule has 10 heteroatoms. The Hall–Kier alpha value is -4.25. The molecule has 246 valence electrons. The van der Waals surface area contributed by atoms with Crippen LogP contribution in [0.3, 0.4) is 0 Å². The first-order valence-electron chi connectivity index (χ1n) is 15.9. The molecule has 1 saturated heterocycles. The number of rotatable bonds is 15. The minimum atomic E-state index is -1.56. The van der Waals surface area contributed by atoms with Crippen LogP contribution < -0.4 is 31.5 Å². The monoisotopic (exact) mass is 629 g/mol. The van der Waals surface area contributed by atoms with Gasteiger partial charge in [-0.2, -0.15) is 0 Å². The highest BCUT2D eigenvalue weighted by atomic mass is 16.5. The van der Waals surface area contributed by atoms with Crippen LogP contribution in [0, 0.1) is 19.8 Å². The van der Waals surface area contributed by atoms with Gasteiger partial charge in [0.2, 0.25) is 0 Å². The maximum absolute atomic E-state index is 14.2. The largest absolute Gasteiger partial charge is 0.483 e. The molecule has 1 unspecified atom stereocenters. The van der Waals surface area contributed by atoms with Crippen LogP contribution in [0.15, 0.2) is 72.8 Å². The summed E-state index contributed by atoms with van der Waals surface area (Å²) in [5.74, 6) is -1.04. The molecule has 6 N–H and O–H groups in total. The minimum Gasteiger partial charge on any atom is -0.483 e. The molecule has 46 heavy (non-hydrogen) atoms. The van der Waals surface area contributed by atoms with Crippen molar-refractivity contribution in [2.75, 3.05) is 24.6 Å². The SMILES string of the molecule is Cc1ccc(N2CCNNC2=O)c(C)c1OCC(=O)N[C@H](C(=O)[C@@H](CCCCc1ccccc1)C(N)c1ccccc1)C(C)(C)O. The van der Waals surface area contributed by atoms with Crippen molar-refractivity contribution >= 4 is 23.4 Å². The van der Waals surface area contributed by atoms with Crippen molar-refractivity contribution in [1.29, 1.82) is 0 Å². The van der Waals surface area contributed by atoms with Crippen molar-refractivity contribution in [3.63, 3.8) is 0 Å². The Kier molecular flexibility index (Phi) is 11.9. The quantitative estimate of drug-likeness (QED) is 0.158. The van der Waals surface area contributed by atoms with E-state index in [4.69, 9.17) is 10.5 Å². The molecular weight excluding hydrogens is 582 g/mol. The van der Waals surface area contributed by atoms with Gasteiger partial charge in [0.05, 0.1) is 11.3 Å². The van der Waals surface area contributed by atoms with Crippen LogP contribution >= 0.6 is 0 Å². The highest BCUT2D eigenvalue weighted by molar-refractivity contribution is 5.94. The number of nitrogens with one attached hydrogen (secondary N) is 3. The summed E-state index contributed by atoms with van der Waals surface area (Å²) in [5.41, 5.74) is 14.8. The number of anilines is 1. The number of unbranched alkanes of at least 4 members (excludes halogenated alkanes) is 1. The molecule has 10 nitrogen and oxygen atoms in total. The molecule has 1 aliphatic heterocycles. The summed E-state index contributed by atoms with van der Waals surface area (Å²) in [6, 6.07) is 21.2. The predicted molar refractivity (Wildman–Crippen MR) is 179 cm³/mol. The maximum atomic E-state index is 14.2. The highest BCUT2D eigenvalue weighted by Crippen LogP contribution is 2.33. The fourth-order valence-corrected chi connectivity index (χ4v) is 5.93. The molecular formula is C36H47N5O5. The van der Waals surface area contributed by atoms with Gasteiger partial charge in [-0.25, -0.2) is 10.2 Å². The molecule has 0 saturated carbocycles. The molecule has 0 aromatic heterocycles. The number of nitrogens with zero attached hydrogens (tertiary/aromatic N) is 1. The summed E-state index contributed by atoms with van der Waals surface area (Å²) in [4.78, 5) is 41.5. The lowest BCUT2D eigenvalue weighted by Gasteiger charge is -2.34. The van der Waals surface area contributed by atoms with Gasteiger partial charge in [0, 0.05) is 30.6 Å². The fraction of sp³-hybridized carbons (Fsp3) is 0.417. The predicted octanol–water partition coefficient (Wildman–Crippen LogP) is 4.27. The van der Waals surface area contributed by atoms with Crippen LogP contribution in [0.4, 0.5) is 10.5 Å². The van der Waals surface area contributed by atoms with E-state index in [0.29, 0.717) is 36.5 Å². The number of aryl methyl sites for hydroxylation is 2. The van der Waals surface area contributed by atoms with Gasteiger partial charge in [0.1, 0.15) is 11.8 Å². The standard InChI is InChI=1S/C36H47N5O5/c1-24-19-20-29(41-22-21-38-40-35(41)44)25(2)33(24)46-23-30(42)39-34(36(3,4)45)32(43)28(31(37)27-16-9-6-10-17-27)18-12-11-15-26-13-7-5-8-14-26/h5-10,13-14,16-17,19-20,28,31,34,38,45H,11-12,15,18,21-23,37H2,1-4H3,(H,39,42)(H,40,44)/t28-,31?,34+/m0/s1. The molecule has 0 spiro atoms. The van der Waals surface area contributed by atoms with E-state index in [9.17, 15) is 19.5 Å². The first-order valence-corrected chi connectivity index (χ1v) is 15.9. The van der Waals surface area contributed by atoms with Crippen LogP contribution in [-0.4, -0.2) is 54.2 Å². The molecule has 3 atom stereocenters. The Morgan fingerprint density at radius 3 is 2.35 bits per heavy atom. The van der Waals surface area contributed by atoms with E-state index in [2.05, 4.69) is 28.3 Å². The molecule has 0 bridgehead atoms. The second-order valence-electron chi connectivity index (χ2n) is 12.5. The van der Waals surface area contributed by atoms with Crippen LogP contribution in [0.25, 0.3) is 0 Å². The maximum Gasteiger partial charge on any atom is 0.336 e. The fourth-order valence-electron chi connectivity index (χ4n) is 5.93. The lowest BCUT2D eigenvalue weighted by Crippen LogP contribution is -2.57. The Balaban J connectivity index is 1.48. The van der Waals surface area contributed by atoms with Crippen LogP contribution in [0.2, 0.25) is 0 Å². The summed E-state index contributed by atoms with van der Waals surface area (Å²) in [5, 5.41) is 13.9. The zero-order valence-electron chi connectivity index (χ0n) is 27.2. The van der Waals surface area contributed by atoms with Gasteiger partial charge in [-0.3, -0.25) is 19.9 Å². The van der Waals surface area contributed by atoms with Gasteiger partial charge in [-0.1, -0.05) is 73.2 Å². The van der Waals surface area contributed by atoms with Crippen molar-refractivity contribution in [2.24, 2.45) is 11.7 Å². The average Bonchev–Trinajstić information content (AvgIpc) is 3.04. The zero-order chi connectivity index (χ0) is 33.3. The zero-order valence-corrected chi connectivity index (χ0v) is 27.2. The summed E-state index contributed by atoms with van der Waals surface area (Å²) >= 11 is 0. The van der Waals surface area contributed by atoms with Crippen molar-refractivity contribution in [1.82, 2.24) is 16.2 Å². The number of carbonyl (C=O) groups excluding carboxylic acids is 3. The van der Waals surface area contributed by atoms with Gasteiger partial charge in [0.25, 0.3) is 5.91 Å². The molecule has 1 heterocycles. The second kappa shape index (κ2) is 15.8. The normalized spacial score (nSPS) is 15.4. The topological polar surface area (TPSA) is 146 Å². The number of Topliss-reactive ketones (excluding diaryl/α,β-unsaturated/α-hetero) is 1. The van der Waals surface area contributed by atoms with Crippen molar-refractivity contribution in [2.45, 2.75) is 71.1 Å². The van der Waals surface area contributed by atoms with E-state index in [-0.39, 0.29) is 18.4 Å². The molecule has 3 amide bonds. The van der Waals surface area contributed by atoms with Crippen molar-refractivity contribution in [3.05, 3.63) is 95.1 Å². The van der Waals surface area contributed by atoms with Gasteiger partial charge < -0.3 is 20.9 Å². The van der Waals surface area contributed by atoms with Gasteiger partial charge in [-0.15, -0.1) is 0 Å². The molecule has 0 aliphatic carbocycles. The summed E-state index contributed by atoms with van der Waals surface area (Å²) in [6.07, 6.45) is 3.01. The molecule has 4 rings (SSSR count). The number of urea groups is 1. The third-order valence-electron chi connectivity index (χ3n) is 8.47. The first kappa shape index (κ1) is 34.6. The van der Waals surface area contributed by atoms with Crippen LogP contribution in [0.1, 0.15) is 61.4 Å². The van der Waals surface area contributed by atoms with E-state index in [0.717, 1.165) is 30.4 Å². The lowest BCUT2D eigenvalue weighted by molar-refractivity contribution is -0.137. The second-order valence-corrected chi connectivity index (χ2v) is 12.5. The molecule has 0 radical (unpaired) electrons. The van der Waals surface area contributed by atoms with Gasteiger partial charge in [0.15, 0.2) is 12.4 Å². The number of ketones is 1. The summed E-state index contributed by atoms with van der Waals surface area (Å²) in [7, 11) is 0. The average molecular weight is 630 g/mol. The number of hydrogen-bond donors (Lipinski definition) is 5.